The topological polar surface area (TPSA) is 125 Å². The van der Waals surface area contributed by atoms with Crippen LogP contribution >= 0.6 is 0 Å². The van der Waals surface area contributed by atoms with Gasteiger partial charge >= 0.3 is 5.97 Å². The lowest BCUT2D eigenvalue weighted by Crippen LogP contribution is -2.18. The van der Waals surface area contributed by atoms with Crippen LogP contribution in [0.3, 0.4) is 0 Å². The number of aromatic nitrogens is 3. The van der Waals surface area contributed by atoms with Crippen LogP contribution in [0.4, 0.5) is 5.82 Å². The molecule has 0 fully saturated rings. The first-order chi connectivity index (χ1) is 9.70. The predicted octanol–water partition coefficient (Wildman–Crippen LogP) is 1.23. The highest BCUT2D eigenvalue weighted by Gasteiger charge is 2.28. The molecule has 0 spiro atoms. The van der Waals surface area contributed by atoms with Crippen LogP contribution in [-0.4, -0.2) is 34.7 Å². The van der Waals surface area contributed by atoms with Gasteiger partial charge < -0.3 is 5.11 Å². The minimum atomic E-state index is -4.10. The molecule has 0 aliphatic carbocycles. The average molecular weight is 310 g/mol. The van der Waals surface area contributed by atoms with E-state index < -0.39 is 26.6 Å². The molecule has 0 aliphatic heterocycles. The lowest BCUT2D eigenvalue weighted by Gasteiger charge is -2.09. The lowest BCUT2D eigenvalue weighted by atomic mass is 10.2. The summed E-state index contributed by atoms with van der Waals surface area (Å²) >= 11 is 0. The summed E-state index contributed by atoms with van der Waals surface area (Å²) in [6.07, 6.45) is 0. The van der Waals surface area contributed by atoms with Crippen molar-refractivity contribution < 1.29 is 18.3 Å². The third-order valence-corrected chi connectivity index (χ3v) is 4.21. The second kappa shape index (κ2) is 5.17. The number of carboxylic acids is 1. The summed E-state index contributed by atoms with van der Waals surface area (Å²) in [6.45, 7) is 4.97. The Morgan fingerprint density at radius 1 is 1.29 bits per heavy atom. The Morgan fingerprint density at radius 3 is 2.52 bits per heavy atom. The van der Waals surface area contributed by atoms with Gasteiger partial charge in [-0.1, -0.05) is 0 Å². The quantitative estimate of drug-likeness (QED) is 0.780. The third-order valence-electron chi connectivity index (χ3n) is 2.70. The zero-order chi connectivity index (χ0) is 15.8. The second-order valence-electron chi connectivity index (χ2n) is 4.61. The fraction of sp³-hybridized carbons (Fsp3) is 0.250. The number of anilines is 1. The van der Waals surface area contributed by atoms with E-state index in [1.54, 1.807) is 26.0 Å². The molecule has 3 N–H and O–H groups in total. The molecule has 0 unspecified atom stereocenters. The Kier molecular flexibility index (Phi) is 3.69. The van der Waals surface area contributed by atoms with E-state index in [4.69, 9.17) is 5.11 Å². The number of rotatable bonds is 4. The van der Waals surface area contributed by atoms with Crippen molar-refractivity contribution >= 4 is 21.8 Å². The van der Waals surface area contributed by atoms with Crippen LogP contribution in [0.2, 0.25) is 0 Å². The SMILES string of the molecule is Cc1cc(C)nc(NS(=O)(=O)c2c(C(=O)O)n[nH]c2C)c1. The number of aryl methyl sites for hydroxylation is 3. The van der Waals surface area contributed by atoms with Gasteiger partial charge in [-0.15, -0.1) is 0 Å². The smallest absolute Gasteiger partial charge is 0.357 e. The standard InChI is InChI=1S/C12H14N4O4S/c1-6-4-7(2)13-9(5-6)16-21(19,20)11-8(3)14-15-10(11)12(17)18/h4-5H,1-3H3,(H,13,16)(H,14,15)(H,17,18). The number of sulfonamides is 1. The molecule has 9 heteroatoms. The lowest BCUT2D eigenvalue weighted by molar-refractivity contribution is 0.0686. The normalized spacial score (nSPS) is 11.4. The number of carbonyl (C=O) groups is 1. The van der Waals surface area contributed by atoms with Gasteiger partial charge in [-0.05, 0) is 38.5 Å². The molecule has 0 atom stereocenters. The first-order valence-corrected chi connectivity index (χ1v) is 7.45. The number of hydrogen-bond acceptors (Lipinski definition) is 5. The zero-order valence-corrected chi connectivity index (χ0v) is 12.4. The Hall–Kier alpha value is -2.42. The first-order valence-electron chi connectivity index (χ1n) is 5.97. The molecular formula is C12H14N4O4S. The third kappa shape index (κ3) is 3.02. The second-order valence-corrected chi connectivity index (χ2v) is 6.23. The van der Waals surface area contributed by atoms with Crippen LogP contribution in [0, 0.1) is 20.8 Å². The number of H-pyrrole nitrogens is 1. The van der Waals surface area contributed by atoms with Crippen molar-refractivity contribution in [3.05, 3.63) is 34.8 Å². The molecule has 2 aromatic rings. The molecule has 21 heavy (non-hydrogen) atoms. The van der Waals surface area contributed by atoms with Crippen LogP contribution in [0.5, 0.6) is 0 Å². The van der Waals surface area contributed by atoms with E-state index in [-0.39, 0.29) is 11.5 Å². The molecule has 0 aliphatic rings. The molecule has 112 valence electrons. The highest BCUT2D eigenvalue weighted by atomic mass is 32.2. The molecule has 0 bridgehead atoms. The van der Waals surface area contributed by atoms with Gasteiger partial charge in [0, 0.05) is 5.69 Å². The monoisotopic (exact) mass is 310 g/mol. The molecule has 2 aromatic heterocycles. The van der Waals surface area contributed by atoms with Crippen molar-refractivity contribution in [3.8, 4) is 0 Å². The minimum absolute atomic E-state index is 0.129. The van der Waals surface area contributed by atoms with Gasteiger partial charge in [0.15, 0.2) is 5.69 Å². The maximum atomic E-state index is 12.4. The Morgan fingerprint density at radius 2 is 1.95 bits per heavy atom. The highest BCUT2D eigenvalue weighted by Crippen LogP contribution is 2.21. The van der Waals surface area contributed by atoms with E-state index >= 15 is 0 Å². The van der Waals surface area contributed by atoms with E-state index in [1.807, 2.05) is 0 Å². The van der Waals surface area contributed by atoms with Gasteiger partial charge in [0.1, 0.15) is 10.7 Å². The first kappa shape index (κ1) is 15.0. The molecule has 0 aromatic carbocycles. The summed E-state index contributed by atoms with van der Waals surface area (Å²) in [5.74, 6) is -1.29. The van der Waals surface area contributed by atoms with E-state index in [1.165, 1.54) is 6.92 Å². The molecule has 0 saturated carbocycles. The summed E-state index contributed by atoms with van der Waals surface area (Å²) in [7, 11) is -4.10. The van der Waals surface area contributed by atoms with Crippen molar-refractivity contribution in [2.75, 3.05) is 4.72 Å². The Bertz CT molecular complexity index is 790. The number of aromatic amines is 1. The molecule has 2 heterocycles. The van der Waals surface area contributed by atoms with Gasteiger partial charge in [0.25, 0.3) is 10.0 Å². The van der Waals surface area contributed by atoms with Crippen molar-refractivity contribution in [2.24, 2.45) is 0 Å². The van der Waals surface area contributed by atoms with E-state index in [0.717, 1.165) is 5.56 Å². The number of aromatic carboxylic acids is 1. The minimum Gasteiger partial charge on any atom is -0.476 e. The van der Waals surface area contributed by atoms with Crippen LogP contribution < -0.4 is 4.72 Å². The van der Waals surface area contributed by atoms with Crippen LogP contribution in [-0.2, 0) is 10.0 Å². The summed E-state index contributed by atoms with van der Waals surface area (Å²) in [6, 6.07) is 3.35. The number of nitrogens with one attached hydrogen (secondary N) is 2. The van der Waals surface area contributed by atoms with E-state index in [2.05, 4.69) is 19.9 Å². The Labute approximate surface area is 121 Å². The molecule has 0 radical (unpaired) electrons. The fourth-order valence-electron chi connectivity index (χ4n) is 1.97. The largest absolute Gasteiger partial charge is 0.476 e. The van der Waals surface area contributed by atoms with Crippen molar-refractivity contribution in [1.82, 2.24) is 15.2 Å². The molecule has 0 saturated heterocycles. The van der Waals surface area contributed by atoms with Gasteiger partial charge in [0.05, 0.1) is 5.69 Å². The number of pyridine rings is 1. The molecule has 2 rings (SSSR count). The number of carboxylic acid groups (broad SMARTS) is 1. The Balaban J connectivity index is 2.48. The van der Waals surface area contributed by atoms with Crippen molar-refractivity contribution in [3.63, 3.8) is 0 Å². The summed E-state index contributed by atoms with van der Waals surface area (Å²) in [4.78, 5) is 14.7. The fourth-order valence-corrected chi connectivity index (χ4v) is 3.29. The number of nitrogens with zero attached hydrogens (tertiary/aromatic N) is 2. The maximum Gasteiger partial charge on any atom is 0.357 e. The highest BCUT2D eigenvalue weighted by molar-refractivity contribution is 7.92. The molecular weight excluding hydrogens is 296 g/mol. The van der Waals surface area contributed by atoms with Gasteiger partial charge in [-0.2, -0.15) is 5.10 Å². The van der Waals surface area contributed by atoms with E-state index in [0.29, 0.717) is 5.69 Å². The molecule has 8 nitrogen and oxygen atoms in total. The maximum absolute atomic E-state index is 12.4. The van der Waals surface area contributed by atoms with Crippen LogP contribution in [0.1, 0.15) is 27.4 Å². The zero-order valence-electron chi connectivity index (χ0n) is 11.6. The van der Waals surface area contributed by atoms with Gasteiger partial charge in [-0.25, -0.2) is 18.2 Å². The van der Waals surface area contributed by atoms with Gasteiger partial charge in [-0.3, -0.25) is 9.82 Å². The van der Waals surface area contributed by atoms with Crippen LogP contribution in [0.25, 0.3) is 0 Å². The van der Waals surface area contributed by atoms with Crippen molar-refractivity contribution in [1.29, 1.82) is 0 Å². The van der Waals surface area contributed by atoms with Crippen molar-refractivity contribution in [2.45, 2.75) is 25.7 Å². The van der Waals surface area contributed by atoms with E-state index in [9.17, 15) is 13.2 Å². The molecule has 0 amide bonds. The van der Waals surface area contributed by atoms with Crippen LogP contribution in [0.15, 0.2) is 17.0 Å². The van der Waals surface area contributed by atoms with Gasteiger partial charge in [0.2, 0.25) is 0 Å². The summed E-state index contributed by atoms with van der Waals surface area (Å²) in [5, 5.41) is 14.9. The summed E-state index contributed by atoms with van der Waals surface area (Å²) < 4.78 is 27.0. The summed E-state index contributed by atoms with van der Waals surface area (Å²) in [5.41, 5.74) is 1.08. The predicted molar refractivity (Wildman–Crippen MR) is 74.8 cm³/mol. The number of hydrogen-bond donors (Lipinski definition) is 3. The average Bonchev–Trinajstić information content (AvgIpc) is 2.69.